The number of thioether (sulfide) groups is 1. The minimum Gasteiger partial charge on any atom is -0.362 e. The van der Waals surface area contributed by atoms with Crippen molar-refractivity contribution in [1.29, 1.82) is 0 Å². The van der Waals surface area contributed by atoms with Crippen LogP contribution in [0.25, 0.3) is 0 Å². The zero-order valence-electron chi connectivity index (χ0n) is 9.40. The van der Waals surface area contributed by atoms with Gasteiger partial charge in [0, 0.05) is 18.8 Å². The summed E-state index contributed by atoms with van der Waals surface area (Å²) < 4.78 is 0. The van der Waals surface area contributed by atoms with E-state index in [1.54, 1.807) is 11.8 Å². The summed E-state index contributed by atoms with van der Waals surface area (Å²) in [6.07, 6.45) is 1.30. The molecule has 0 aromatic heterocycles. The maximum Gasteiger partial charge on any atom is 0.254 e. The predicted molar refractivity (Wildman–Crippen MR) is 63.3 cm³/mol. The van der Waals surface area contributed by atoms with Crippen molar-refractivity contribution >= 4 is 28.7 Å². The lowest BCUT2D eigenvalue weighted by molar-refractivity contribution is -0.136. The number of likely N-dealkylation sites (tertiary alicyclic amines) is 1. The van der Waals surface area contributed by atoms with E-state index in [1.165, 1.54) is 7.05 Å². The van der Waals surface area contributed by atoms with Crippen LogP contribution in [0.3, 0.4) is 0 Å². The van der Waals surface area contributed by atoms with Gasteiger partial charge in [0.15, 0.2) is 5.17 Å². The van der Waals surface area contributed by atoms with Crippen LogP contribution in [0.4, 0.5) is 0 Å². The average molecular weight is 241 g/mol. The SMILES string of the molecule is CC1CCSC(=NC2CC(=O)N(C)C2=O)N1. The normalized spacial score (nSPS) is 33.4. The third-order valence-electron chi connectivity index (χ3n) is 2.79. The van der Waals surface area contributed by atoms with Gasteiger partial charge >= 0.3 is 0 Å². The molecule has 0 aromatic carbocycles. The Labute approximate surface area is 98.7 Å². The van der Waals surface area contributed by atoms with Crippen LogP contribution in [0.5, 0.6) is 0 Å². The molecule has 2 fully saturated rings. The minimum absolute atomic E-state index is 0.145. The number of hydrogen-bond donors (Lipinski definition) is 1. The van der Waals surface area contributed by atoms with Crippen molar-refractivity contribution in [3.63, 3.8) is 0 Å². The minimum atomic E-state index is -0.516. The second kappa shape index (κ2) is 4.45. The van der Waals surface area contributed by atoms with Crippen LogP contribution < -0.4 is 5.32 Å². The molecule has 88 valence electrons. The van der Waals surface area contributed by atoms with Crippen molar-refractivity contribution in [2.45, 2.75) is 31.8 Å². The summed E-state index contributed by atoms with van der Waals surface area (Å²) in [5.74, 6) is 0.670. The second-order valence-corrected chi connectivity index (χ2v) is 5.21. The largest absolute Gasteiger partial charge is 0.362 e. The van der Waals surface area contributed by atoms with Crippen molar-refractivity contribution in [1.82, 2.24) is 10.2 Å². The third-order valence-corrected chi connectivity index (χ3v) is 3.73. The summed E-state index contributed by atoms with van der Waals surface area (Å²) in [6.45, 7) is 2.09. The topological polar surface area (TPSA) is 61.8 Å². The fourth-order valence-electron chi connectivity index (χ4n) is 1.71. The molecule has 2 unspecified atom stereocenters. The molecule has 2 rings (SSSR count). The van der Waals surface area contributed by atoms with Crippen LogP contribution in [0.1, 0.15) is 19.8 Å². The van der Waals surface area contributed by atoms with Gasteiger partial charge < -0.3 is 5.32 Å². The first-order valence-corrected chi connectivity index (χ1v) is 6.34. The fourth-order valence-corrected chi connectivity index (χ4v) is 2.86. The Hall–Kier alpha value is -1.04. The van der Waals surface area contributed by atoms with E-state index in [0.717, 1.165) is 22.2 Å². The van der Waals surface area contributed by atoms with E-state index in [1.807, 2.05) is 0 Å². The quantitative estimate of drug-likeness (QED) is 0.667. The molecule has 5 nitrogen and oxygen atoms in total. The molecule has 0 radical (unpaired) electrons. The lowest BCUT2D eigenvalue weighted by Crippen LogP contribution is -2.37. The summed E-state index contributed by atoms with van der Waals surface area (Å²) in [4.78, 5) is 28.4. The van der Waals surface area contributed by atoms with Crippen molar-refractivity contribution in [3.05, 3.63) is 0 Å². The summed E-state index contributed by atoms with van der Waals surface area (Å²) in [5, 5.41) is 4.02. The molecule has 0 bridgehead atoms. The monoisotopic (exact) mass is 241 g/mol. The smallest absolute Gasteiger partial charge is 0.254 e. The Balaban J connectivity index is 2.06. The van der Waals surface area contributed by atoms with Crippen molar-refractivity contribution in [2.24, 2.45) is 4.99 Å². The number of amides is 2. The predicted octanol–water partition coefficient (Wildman–Crippen LogP) is 0.215. The summed E-state index contributed by atoms with van der Waals surface area (Å²) in [7, 11) is 1.51. The van der Waals surface area contributed by atoms with Crippen LogP contribution in [-0.4, -0.2) is 46.8 Å². The highest BCUT2D eigenvalue weighted by Crippen LogP contribution is 2.19. The number of carbonyl (C=O) groups is 2. The van der Waals surface area contributed by atoms with Crippen LogP contribution in [0, 0.1) is 0 Å². The highest BCUT2D eigenvalue weighted by Gasteiger charge is 2.36. The molecule has 2 aliphatic rings. The van der Waals surface area contributed by atoms with E-state index in [2.05, 4.69) is 17.2 Å². The lowest BCUT2D eigenvalue weighted by atomic mass is 10.2. The lowest BCUT2D eigenvalue weighted by Gasteiger charge is -2.22. The standard InChI is InChI=1S/C10H15N3O2S/c1-6-3-4-16-10(11-6)12-7-5-8(14)13(2)9(7)15/h6-7H,3-5H2,1-2H3,(H,11,12). The zero-order valence-corrected chi connectivity index (χ0v) is 10.2. The van der Waals surface area contributed by atoms with Crippen LogP contribution in [0.15, 0.2) is 4.99 Å². The van der Waals surface area contributed by atoms with Gasteiger partial charge in [0.2, 0.25) is 5.91 Å². The maximum atomic E-state index is 11.6. The first-order valence-electron chi connectivity index (χ1n) is 5.35. The molecule has 2 heterocycles. The number of likely N-dealkylation sites (N-methyl/N-ethyl adjacent to an activating group) is 1. The number of nitrogens with zero attached hydrogens (tertiary/aromatic N) is 2. The van der Waals surface area contributed by atoms with E-state index in [9.17, 15) is 9.59 Å². The molecule has 0 saturated carbocycles. The average Bonchev–Trinajstić information content (AvgIpc) is 2.47. The summed E-state index contributed by atoms with van der Waals surface area (Å²) >= 11 is 1.62. The Morgan fingerprint density at radius 1 is 1.50 bits per heavy atom. The third kappa shape index (κ3) is 2.21. The summed E-state index contributed by atoms with van der Waals surface area (Å²) in [5.41, 5.74) is 0. The number of aliphatic imine (C=N–C) groups is 1. The Morgan fingerprint density at radius 2 is 2.25 bits per heavy atom. The number of amidine groups is 1. The van der Waals surface area contributed by atoms with Crippen molar-refractivity contribution < 1.29 is 9.59 Å². The van der Waals surface area contributed by atoms with Gasteiger partial charge in [-0.1, -0.05) is 11.8 Å². The molecule has 0 spiro atoms. The molecular formula is C10H15N3O2S. The number of imide groups is 1. The highest BCUT2D eigenvalue weighted by atomic mass is 32.2. The van der Waals surface area contributed by atoms with E-state index in [0.29, 0.717) is 6.04 Å². The molecule has 16 heavy (non-hydrogen) atoms. The molecule has 2 atom stereocenters. The van der Waals surface area contributed by atoms with Gasteiger partial charge in [-0.15, -0.1) is 0 Å². The first-order chi connectivity index (χ1) is 7.58. The zero-order chi connectivity index (χ0) is 11.7. The van der Waals surface area contributed by atoms with Crippen LogP contribution in [0.2, 0.25) is 0 Å². The van der Waals surface area contributed by atoms with Gasteiger partial charge in [0.05, 0.1) is 6.42 Å². The summed E-state index contributed by atoms with van der Waals surface area (Å²) in [6, 6.07) is -0.122. The molecular weight excluding hydrogens is 226 g/mol. The highest BCUT2D eigenvalue weighted by molar-refractivity contribution is 8.13. The van der Waals surface area contributed by atoms with Crippen LogP contribution in [-0.2, 0) is 9.59 Å². The van der Waals surface area contributed by atoms with Gasteiger partial charge in [-0.25, -0.2) is 4.99 Å². The maximum absolute atomic E-state index is 11.6. The number of nitrogens with one attached hydrogen (secondary N) is 1. The van der Waals surface area contributed by atoms with E-state index < -0.39 is 6.04 Å². The Kier molecular flexibility index (Phi) is 3.18. The van der Waals surface area contributed by atoms with E-state index in [4.69, 9.17) is 0 Å². The molecule has 2 aliphatic heterocycles. The number of hydrogen-bond acceptors (Lipinski definition) is 4. The van der Waals surface area contributed by atoms with E-state index in [-0.39, 0.29) is 18.2 Å². The molecule has 0 aromatic rings. The van der Waals surface area contributed by atoms with Gasteiger partial charge in [0.25, 0.3) is 5.91 Å². The number of carbonyl (C=O) groups excluding carboxylic acids is 2. The molecule has 0 aliphatic carbocycles. The fraction of sp³-hybridized carbons (Fsp3) is 0.700. The Bertz CT molecular complexity index is 356. The molecule has 6 heteroatoms. The molecule has 1 N–H and O–H groups in total. The van der Waals surface area contributed by atoms with Gasteiger partial charge in [0.1, 0.15) is 6.04 Å². The van der Waals surface area contributed by atoms with Gasteiger partial charge in [-0.05, 0) is 13.3 Å². The molecule has 2 amide bonds. The Morgan fingerprint density at radius 3 is 2.81 bits per heavy atom. The van der Waals surface area contributed by atoms with Crippen LogP contribution >= 0.6 is 11.8 Å². The van der Waals surface area contributed by atoms with Crippen molar-refractivity contribution in [2.75, 3.05) is 12.8 Å². The number of rotatable bonds is 1. The van der Waals surface area contributed by atoms with Crippen molar-refractivity contribution in [3.8, 4) is 0 Å². The second-order valence-electron chi connectivity index (χ2n) is 4.13. The van der Waals surface area contributed by atoms with E-state index >= 15 is 0 Å². The molecule has 2 saturated heterocycles. The first kappa shape index (κ1) is 11.4. The van der Waals surface area contributed by atoms with Gasteiger partial charge in [-0.3, -0.25) is 14.5 Å². The van der Waals surface area contributed by atoms with Gasteiger partial charge in [-0.2, -0.15) is 0 Å².